The first-order valence-electron chi connectivity index (χ1n) is 7.04. The molecule has 0 aliphatic heterocycles. The van der Waals surface area contributed by atoms with E-state index in [-0.39, 0.29) is 11.7 Å². The minimum atomic E-state index is 0.0553. The Balaban J connectivity index is 2.60. The van der Waals surface area contributed by atoms with Gasteiger partial charge in [-0.2, -0.15) is 0 Å². The molecule has 0 atom stereocenters. The van der Waals surface area contributed by atoms with Gasteiger partial charge in [-0.1, -0.05) is 29.4 Å². The Bertz CT molecular complexity index is 472. The summed E-state index contributed by atoms with van der Waals surface area (Å²) in [6, 6.07) is 7.08. The number of hydrogen-bond donors (Lipinski definition) is 2. The number of rotatable bonds is 8. The number of nitrogens with zero attached hydrogens (tertiary/aromatic N) is 2. The van der Waals surface area contributed by atoms with Crippen LogP contribution >= 0.6 is 0 Å². The first-order chi connectivity index (χ1) is 10.1. The summed E-state index contributed by atoms with van der Waals surface area (Å²) in [6.07, 6.45) is 0.330. The summed E-state index contributed by atoms with van der Waals surface area (Å²) in [5.74, 6) is 0.119. The van der Waals surface area contributed by atoms with Gasteiger partial charge in [0.05, 0.1) is 13.0 Å². The Morgan fingerprint density at radius 3 is 2.52 bits per heavy atom. The number of amidine groups is 1. The predicted octanol–water partition coefficient (Wildman–Crippen LogP) is 1.21. The van der Waals surface area contributed by atoms with Crippen molar-refractivity contribution >= 4 is 11.7 Å². The lowest BCUT2D eigenvalue weighted by Crippen LogP contribution is -2.35. The number of hydrogen-bond acceptors (Lipinski definition) is 4. The van der Waals surface area contributed by atoms with E-state index in [1.165, 1.54) is 0 Å². The van der Waals surface area contributed by atoms with Crippen LogP contribution in [0.3, 0.4) is 0 Å². The molecule has 0 bridgehead atoms. The van der Waals surface area contributed by atoms with E-state index in [9.17, 15) is 4.79 Å². The van der Waals surface area contributed by atoms with Crippen LogP contribution in [0.1, 0.15) is 25.0 Å². The van der Waals surface area contributed by atoms with Gasteiger partial charge in [-0.15, -0.1) is 0 Å². The first-order valence-corrected chi connectivity index (χ1v) is 7.04. The molecule has 0 aliphatic carbocycles. The third-order valence-electron chi connectivity index (χ3n) is 3.16. The average Bonchev–Trinajstić information content (AvgIpc) is 2.51. The smallest absolute Gasteiger partial charge is 0.227 e. The Labute approximate surface area is 125 Å². The van der Waals surface area contributed by atoms with Crippen LogP contribution in [0.5, 0.6) is 0 Å². The average molecular weight is 293 g/mol. The fourth-order valence-corrected chi connectivity index (χ4v) is 1.92. The van der Waals surface area contributed by atoms with Gasteiger partial charge in [0.25, 0.3) is 0 Å². The van der Waals surface area contributed by atoms with Gasteiger partial charge in [0.1, 0.15) is 0 Å². The minimum absolute atomic E-state index is 0.0553. The fourth-order valence-electron chi connectivity index (χ4n) is 1.92. The van der Waals surface area contributed by atoms with Crippen molar-refractivity contribution in [3.05, 3.63) is 35.4 Å². The number of nitrogens with two attached hydrogens (primary N) is 1. The van der Waals surface area contributed by atoms with Gasteiger partial charge in [0.2, 0.25) is 5.91 Å². The van der Waals surface area contributed by atoms with E-state index in [0.29, 0.717) is 38.3 Å². The maximum atomic E-state index is 12.2. The van der Waals surface area contributed by atoms with Crippen LogP contribution in [0, 0.1) is 0 Å². The van der Waals surface area contributed by atoms with Crippen LogP contribution in [0.25, 0.3) is 0 Å². The second kappa shape index (κ2) is 8.97. The zero-order valence-corrected chi connectivity index (χ0v) is 12.6. The van der Waals surface area contributed by atoms with Gasteiger partial charge < -0.3 is 20.6 Å². The van der Waals surface area contributed by atoms with Gasteiger partial charge >= 0.3 is 0 Å². The third kappa shape index (κ3) is 5.43. The normalized spacial score (nSPS) is 11.4. The Morgan fingerprint density at radius 1 is 1.33 bits per heavy atom. The van der Waals surface area contributed by atoms with Crippen LogP contribution in [-0.2, 0) is 16.0 Å². The Morgan fingerprint density at radius 2 is 2.00 bits per heavy atom. The summed E-state index contributed by atoms with van der Waals surface area (Å²) in [4.78, 5) is 14.0. The van der Waals surface area contributed by atoms with Crippen molar-refractivity contribution in [2.45, 2.75) is 20.3 Å². The van der Waals surface area contributed by atoms with Crippen molar-refractivity contribution in [1.82, 2.24) is 4.90 Å². The van der Waals surface area contributed by atoms with Crippen molar-refractivity contribution in [2.75, 3.05) is 26.3 Å². The number of ether oxygens (including phenoxy) is 1. The molecule has 3 N–H and O–H groups in total. The van der Waals surface area contributed by atoms with Gasteiger partial charge in [0.15, 0.2) is 5.84 Å². The van der Waals surface area contributed by atoms with Crippen LogP contribution in [0.15, 0.2) is 29.4 Å². The molecule has 0 radical (unpaired) electrons. The van der Waals surface area contributed by atoms with E-state index >= 15 is 0 Å². The molecule has 0 saturated heterocycles. The maximum Gasteiger partial charge on any atom is 0.227 e. The SMILES string of the molecule is CCOCCN(CC)C(=O)Cc1ccc(C(N)=NO)cc1. The molecule has 0 unspecified atom stereocenters. The summed E-state index contributed by atoms with van der Waals surface area (Å²) in [7, 11) is 0. The monoisotopic (exact) mass is 293 g/mol. The highest BCUT2D eigenvalue weighted by Gasteiger charge is 2.12. The van der Waals surface area contributed by atoms with Gasteiger partial charge in [-0.3, -0.25) is 4.79 Å². The van der Waals surface area contributed by atoms with Gasteiger partial charge in [-0.25, -0.2) is 0 Å². The molecule has 0 heterocycles. The van der Waals surface area contributed by atoms with Crippen LogP contribution < -0.4 is 5.73 Å². The van der Waals surface area contributed by atoms with Crippen molar-refractivity contribution in [3.63, 3.8) is 0 Å². The van der Waals surface area contributed by atoms with Crippen molar-refractivity contribution in [2.24, 2.45) is 10.9 Å². The lowest BCUT2D eigenvalue weighted by Gasteiger charge is -2.20. The quantitative estimate of drug-likeness (QED) is 0.248. The molecule has 0 fully saturated rings. The van der Waals surface area contributed by atoms with Gasteiger partial charge in [0, 0.05) is 25.3 Å². The number of carbonyl (C=O) groups excluding carboxylic acids is 1. The molecule has 1 amide bonds. The summed E-state index contributed by atoms with van der Waals surface area (Å²) in [6.45, 7) is 6.35. The molecule has 116 valence electrons. The molecule has 0 saturated carbocycles. The minimum Gasteiger partial charge on any atom is -0.409 e. The standard InChI is InChI=1S/C15H23N3O3/c1-3-18(9-10-21-4-2)14(19)11-12-5-7-13(8-6-12)15(16)17-20/h5-8,20H,3-4,9-11H2,1-2H3,(H2,16,17). The largest absolute Gasteiger partial charge is 0.409 e. The molecule has 1 aromatic rings. The predicted molar refractivity (Wildman–Crippen MR) is 81.4 cm³/mol. The van der Waals surface area contributed by atoms with E-state index in [1.807, 2.05) is 26.0 Å². The molecule has 0 aromatic heterocycles. The zero-order valence-electron chi connectivity index (χ0n) is 12.6. The Kier molecular flexibility index (Phi) is 7.25. The lowest BCUT2D eigenvalue weighted by molar-refractivity contribution is -0.131. The zero-order chi connectivity index (χ0) is 15.7. The summed E-state index contributed by atoms with van der Waals surface area (Å²) in [5.41, 5.74) is 7.01. The van der Waals surface area contributed by atoms with Crippen LogP contribution in [0.4, 0.5) is 0 Å². The molecule has 1 aromatic carbocycles. The topological polar surface area (TPSA) is 88.2 Å². The van der Waals surface area contributed by atoms with E-state index in [1.54, 1.807) is 17.0 Å². The Hall–Kier alpha value is -2.08. The molecular weight excluding hydrogens is 270 g/mol. The summed E-state index contributed by atoms with van der Waals surface area (Å²) >= 11 is 0. The van der Waals surface area contributed by atoms with E-state index < -0.39 is 0 Å². The number of carbonyl (C=O) groups is 1. The van der Waals surface area contributed by atoms with Crippen molar-refractivity contribution in [1.29, 1.82) is 0 Å². The number of amides is 1. The van der Waals surface area contributed by atoms with Crippen molar-refractivity contribution < 1.29 is 14.7 Å². The number of benzene rings is 1. The summed E-state index contributed by atoms with van der Waals surface area (Å²) in [5, 5.41) is 11.5. The highest BCUT2D eigenvalue weighted by atomic mass is 16.5. The maximum absolute atomic E-state index is 12.2. The van der Waals surface area contributed by atoms with Gasteiger partial charge in [-0.05, 0) is 19.4 Å². The number of oxime groups is 1. The highest BCUT2D eigenvalue weighted by Crippen LogP contribution is 2.07. The van der Waals surface area contributed by atoms with E-state index in [2.05, 4.69) is 5.16 Å². The molecule has 0 aliphatic rings. The first kappa shape index (κ1) is 17.0. The molecule has 1 rings (SSSR count). The molecular formula is C15H23N3O3. The highest BCUT2D eigenvalue weighted by molar-refractivity contribution is 5.97. The molecule has 0 spiro atoms. The fraction of sp³-hybridized carbons (Fsp3) is 0.467. The van der Waals surface area contributed by atoms with Crippen LogP contribution in [-0.4, -0.2) is 48.2 Å². The second-order valence-electron chi connectivity index (χ2n) is 4.53. The van der Waals surface area contributed by atoms with Crippen LogP contribution in [0.2, 0.25) is 0 Å². The van der Waals surface area contributed by atoms with Crippen molar-refractivity contribution in [3.8, 4) is 0 Å². The third-order valence-corrected chi connectivity index (χ3v) is 3.16. The molecule has 6 nitrogen and oxygen atoms in total. The second-order valence-corrected chi connectivity index (χ2v) is 4.53. The molecule has 21 heavy (non-hydrogen) atoms. The van der Waals surface area contributed by atoms with E-state index in [4.69, 9.17) is 15.7 Å². The number of likely N-dealkylation sites (N-methyl/N-ethyl adjacent to an activating group) is 1. The molecule has 6 heteroatoms. The van der Waals surface area contributed by atoms with E-state index in [0.717, 1.165) is 5.56 Å². The lowest BCUT2D eigenvalue weighted by atomic mass is 10.1. The summed E-state index contributed by atoms with van der Waals surface area (Å²) < 4.78 is 5.28.